The van der Waals surface area contributed by atoms with Crippen LogP contribution < -0.4 is 5.32 Å². The van der Waals surface area contributed by atoms with Gasteiger partial charge in [0.25, 0.3) is 0 Å². The van der Waals surface area contributed by atoms with Crippen molar-refractivity contribution in [2.24, 2.45) is 5.92 Å². The third-order valence-electron chi connectivity index (χ3n) is 4.76. The normalized spacial score (nSPS) is 12.9. The predicted molar refractivity (Wildman–Crippen MR) is 128 cm³/mol. The highest BCUT2D eigenvalue weighted by molar-refractivity contribution is 8.14. The molecule has 0 aromatic heterocycles. The fourth-order valence-electron chi connectivity index (χ4n) is 3.07. The molecule has 0 saturated heterocycles. The molecule has 2 aromatic rings. The van der Waals surface area contributed by atoms with Gasteiger partial charge in [0.1, 0.15) is 6.23 Å². The Labute approximate surface area is 188 Å². The van der Waals surface area contributed by atoms with Crippen molar-refractivity contribution in [2.75, 3.05) is 17.8 Å². The summed E-state index contributed by atoms with van der Waals surface area (Å²) in [5, 5.41) is 12.9. The van der Waals surface area contributed by atoms with Crippen molar-refractivity contribution in [3.63, 3.8) is 0 Å². The van der Waals surface area contributed by atoms with Crippen molar-refractivity contribution in [1.82, 2.24) is 5.32 Å². The zero-order chi connectivity index (χ0) is 21.6. The number of carbonyl (C=O) groups is 2. The van der Waals surface area contributed by atoms with Gasteiger partial charge in [-0.05, 0) is 43.3 Å². The number of benzene rings is 2. The molecule has 2 rings (SSSR count). The first-order valence-electron chi connectivity index (χ1n) is 10.3. The Hall–Kier alpha value is -1.76. The van der Waals surface area contributed by atoms with Crippen molar-refractivity contribution >= 4 is 34.5 Å². The van der Waals surface area contributed by atoms with Crippen LogP contribution in [0.1, 0.15) is 41.6 Å². The predicted octanol–water partition coefficient (Wildman–Crippen LogP) is 4.78. The van der Waals surface area contributed by atoms with Crippen LogP contribution in [0.2, 0.25) is 0 Å². The van der Waals surface area contributed by atoms with Crippen LogP contribution in [-0.4, -0.2) is 40.1 Å². The minimum atomic E-state index is -0.847. The van der Waals surface area contributed by atoms with Gasteiger partial charge in [-0.1, -0.05) is 78.8 Å². The maximum absolute atomic E-state index is 12.8. The molecule has 0 heterocycles. The zero-order valence-electron chi connectivity index (χ0n) is 17.5. The lowest BCUT2D eigenvalue weighted by molar-refractivity contribution is -0.127. The van der Waals surface area contributed by atoms with Gasteiger partial charge >= 0.3 is 0 Å². The summed E-state index contributed by atoms with van der Waals surface area (Å²) in [7, 11) is 0. The van der Waals surface area contributed by atoms with Crippen LogP contribution in [0, 0.1) is 5.92 Å². The highest BCUT2D eigenvalue weighted by Gasteiger charge is 2.23. The van der Waals surface area contributed by atoms with Gasteiger partial charge in [-0.15, -0.1) is 0 Å². The van der Waals surface area contributed by atoms with Crippen LogP contribution in [0.5, 0.6) is 0 Å². The van der Waals surface area contributed by atoms with Crippen LogP contribution in [0.25, 0.3) is 0 Å². The second kappa shape index (κ2) is 14.3. The number of unbranched alkanes of at least 4 members (excludes halogenated alkanes) is 2. The molecule has 2 N–H and O–H groups in total. The summed E-state index contributed by atoms with van der Waals surface area (Å²) in [5.74, 6) is 0.892. The Morgan fingerprint density at radius 1 is 0.967 bits per heavy atom. The first-order chi connectivity index (χ1) is 14.6. The topological polar surface area (TPSA) is 66.4 Å². The van der Waals surface area contributed by atoms with E-state index in [0.717, 1.165) is 42.3 Å². The maximum Gasteiger partial charge on any atom is 0.226 e. The number of hydrogen-bond donors (Lipinski definition) is 2. The number of amides is 1. The summed E-state index contributed by atoms with van der Waals surface area (Å²) >= 11 is 2.98. The van der Waals surface area contributed by atoms with Crippen molar-refractivity contribution in [3.05, 3.63) is 71.8 Å². The smallest absolute Gasteiger partial charge is 0.226 e. The Bertz CT molecular complexity index is 756. The van der Waals surface area contributed by atoms with Gasteiger partial charge < -0.3 is 10.4 Å². The monoisotopic (exact) mass is 445 g/mol. The molecule has 2 aromatic carbocycles. The van der Waals surface area contributed by atoms with Crippen LogP contribution in [-0.2, 0) is 11.2 Å². The second-order valence-electron chi connectivity index (χ2n) is 7.22. The third-order valence-corrected chi connectivity index (χ3v) is 6.52. The van der Waals surface area contributed by atoms with E-state index in [1.54, 1.807) is 12.1 Å². The van der Waals surface area contributed by atoms with Crippen LogP contribution in [0.3, 0.4) is 0 Å². The van der Waals surface area contributed by atoms with Crippen LogP contribution in [0.15, 0.2) is 60.7 Å². The standard InChI is InChI=1S/C24H31NO3S2/c1-29-16-10-4-9-15-22(26)25-23(27)21(17-19-11-5-2-6-12-19)18-30-24(28)20-13-7-3-8-14-20/h2-3,5-8,11-14,21-22,26H,4,9-10,15-18H2,1H3,(H,25,27). The number of carbonyl (C=O) groups excluding carboxylic acids is 2. The molecule has 30 heavy (non-hydrogen) atoms. The number of aliphatic hydroxyl groups excluding tert-OH is 1. The summed E-state index contributed by atoms with van der Waals surface area (Å²) in [5.41, 5.74) is 1.67. The minimum absolute atomic E-state index is 0.0456. The average molecular weight is 446 g/mol. The summed E-state index contributed by atoms with van der Waals surface area (Å²) in [4.78, 5) is 25.3. The maximum atomic E-state index is 12.8. The van der Waals surface area contributed by atoms with Gasteiger partial charge in [0.15, 0.2) is 0 Å². The zero-order valence-corrected chi connectivity index (χ0v) is 19.1. The molecule has 1 amide bonds. The Morgan fingerprint density at radius 2 is 1.63 bits per heavy atom. The number of hydrogen-bond acceptors (Lipinski definition) is 5. The van der Waals surface area contributed by atoms with E-state index in [9.17, 15) is 14.7 Å². The van der Waals surface area contributed by atoms with E-state index in [-0.39, 0.29) is 11.0 Å². The second-order valence-corrected chi connectivity index (χ2v) is 9.20. The first-order valence-corrected chi connectivity index (χ1v) is 12.7. The quantitative estimate of drug-likeness (QED) is 0.343. The molecule has 0 fully saturated rings. The van der Waals surface area contributed by atoms with E-state index in [2.05, 4.69) is 11.6 Å². The van der Waals surface area contributed by atoms with Gasteiger partial charge in [0.2, 0.25) is 11.0 Å². The highest BCUT2D eigenvalue weighted by Crippen LogP contribution is 2.20. The van der Waals surface area contributed by atoms with Crippen LogP contribution >= 0.6 is 23.5 Å². The Kier molecular flexibility index (Phi) is 11.7. The van der Waals surface area contributed by atoms with Gasteiger partial charge in [-0.2, -0.15) is 11.8 Å². The van der Waals surface area contributed by atoms with Gasteiger partial charge in [0, 0.05) is 11.3 Å². The molecule has 2 unspecified atom stereocenters. The average Bonchev–Trinajstić information content (AvgIpc) is 2.77. The SMILES string of the molecule is CSCCCCCC(O)NC(=O)C(CSC(=O)c1ccccc1)Cc1ccccc1. The molecule has 0 saturated carbocycles. The van der Waals surface area contributed by atoms with E-state index in [0.29, 0.717) is 24.2 Å². The summed E-state index contributed by atoms with van der Waals surface area (Å²) < 4.78 is 0. The molecule has 2 atom stereocenters. The van der Waals surface area contributed by atoms with E-state index in [1.165, 1.54) is 0 Å². The fraction of sp³-hybridized carbons (Fsp3) is 0.417. The van der Waals surface area contributed by atoms with Crippen molar-refractivity contribution in [3.8, 4) is 0 Å². The molecule has 6 heteroatoms. The minimum Gasteiger partial charge on any atom is -0.374 e. The number of rotatable bonds is 13. The summed E-state index contributed by atoms with van der Waals surface area (Å²) in [6.45, 7) is 0. The molecule has 0 radical (unpaired) electrons. The van der Waals surface area contributed by atoms with E-state index in [4.69, 9.17) is 0 Å². The molecule has 162 valence electrons. The lowest BCUT2D eigenvalue weighted by atomic mass is 10.00. The van der Waals surface area contributed by atoms with Crippen molar-refractivity contribution in [2.45, 2.75) is 38.3 Å². The summed E-state index contributed by atoms with van der Waals surface area (Å²) in [6, 6.07) is 18.9. The number of aliphatic hydroxyl groups is 1. The summed E-state index contributed by atoms with van der Waals surface area (Å²) in [6.07, 6.45) is 5.37. The highest BCUT2D eigenvalue weighted by atomic mass is 32.2. The molecule has 0 aliphatic carbocycles. The van der Waals surface area contributed by atoms with Gasteiger partial charge in [-0.25, -0.2) is 0 Å². The van der Waals surface area contributed by atoms with E-state index >= 15 is 0 Å². The van der Waals surface area contributed by atoms with Crippen molar-refractivity contribution in [1.29, 1.82) is 0 Å². The number of nitrogens with one attached hydrogen (secondary N) is 1. The largest absolute Gasteiger partial charge is 0.374 e. The first kappa shape index (κ1) is 24.5. The van der Waals surface area contributed by atoms with E-state index < -0.39 is 12.1 Å². The molecular formula is C24H31NO3S2. The molecule has 0 aliphatic heterocycles. The number of thioether (sulfide) groups is 2. The Morgan fingerprint density at radius 3 is 2.30 bits per heavy atom. The molecule has 4 nitrogen and oxygen atoms in total. The lowest BCUT2D eigenvalue weighted by Crippen LogP contribution is -2.40. The van der Waals surface area contributed by atoms with Crippen molar-refractivity contribution < 1.29 is 14.7 Å². The van der Waals surface area contributed by atoms with Gasteiger partial charge in [0.05, 0.1) is 5.92 Å². The Balaban J connectivity index is 1.91. The molecule has 0 bridgehead atoms. The van der Waals surface area contributed by atoms with E-state index in [1.807, 2.05) is 60.3 Å². The van der Waals surface area contributed by atoms with Gasteiger partial charge in [-0.3, -0.25) is 9.59 Å². The molecule has 0 spiro atoms. The lowest BCUT2D eigenvalue weighted by Gasteiger charge is -2.19. The molecular weight excluding hydrogens is 414 g/mol. The third kappa shape index (κ3) is 9.37. The van der Waals surface area contributed by atoms with Crippen LogP contribution in [0.4, 0.5) is 0 Å². The molecule has 0 aliphatic rings. The fourth-order valence-corrected chi connectivity index (χ4v) is 4.49.